The van der Waals surface area contributed by atoms with Crippen LogP contribution < -0.4 is 15.4 Å². The number of methoxy groups -OCH3 is 1. The van der Waals surface area contributed by atoms with E-state index in [2.05, 4.69) is 20.4 Å². The molecule has 0 radical (unpaired) electrons. The number of hydrogen-bond acceptors (Lipinski definition) is 5. The third-order valence-electron chi connectivity index (χ3n) is 4.79. The standard InChI is InChI=1S/C19H28N4O3/c1-26-17-6-2-15(3-7-17)12-20-18(24)13-22-8-10-23(11-9-22)14-19(25)21-16-4-5-16/h2-3,6-7,16H,4-5,8-14H2,1H3,(H,20,24)(H,21,25). The highest BCUT2D eigenvalue weighted by molar-refractivity contribution is 5.79. The topological polar surface area (TPSA) is 73.9 Å². The zero-order valence-electron chi connectivity index (χ0n) is 15.4. The number of rotatable bonds is 8. The van der Waals surface area contributed by atoms with Gasteiger partial charge in [-0.3, -0.25) is 19.4 Å². The number of piperazine rings is 1. The summed E-state index contributed by atoms with van der Waals surface area (Å²) in [7, 11) is 1.63. The van der Waals surface area contributed by atoms with Crippen LogP contribution in [0.4, 0.5) is 0 Å². The summed E-state index contributed by atoms with van der Waals surface area (Å²) in [5, 5.41) is 5.97. The van der Waals surface area contributed by atoms with Gasteiger partial charge < -0.3 is 15.4 Å². The molecule has 2 fully saturated rings. The first-order valence-corrected chi connectivity index (χ1v) is 9.26. The molecule has 0 aromatic heterocycles. The van der Waals surface area contributed by atoms with Crippen molar-refractivity contribution >= 4 is 11.8 Å². The summed E-state index contributed by atoms with van der Waals surface area (Å²) in [6, 6.07) is 8.09. The van der Waals surface area contributed by atoms with E-state index in [4.69, 9.17) is 4.74 Å². The van der Waals surface area contributed by atoms with Gasteiger partial charge in [0.25, 0.3) is 0 Å². The Hall–Kier alpha value is -2.12. The molecule has 142 valence electrons. The highest BCUT2D eigenvalue weighted by Crippen LogP contribution is 2.18. The Morgan fingerprint density at radius 1 is 1.00 bits per heavy atom. The lowest BCUT2D eigenvalue weighted by atomic mass is 10.2. The predicted octanol–water partition coefficient (Wildman–Crippen LogP) is 0.208. The maximum absolute atomic E-state index is 12.1. The molecule has 1 saturated heterocycles. The molecule has 0 bridgehead atoms. The van der Waals surface area contributed by atoms with E-state index < -0.39 is 0 Å². The van der Waals surface area contributed by atoms with E-state index in [1.807, 2.05) is 24.3 Å². The van der Waals surface area contributed by atoms with Crippen LogP contribution in [0, 0.1) is 0 Å². The van der Waals surface area contributed by atoms with E-state index in [0.717, 1.165) is 50.3 Å². The first-order valence-electron chi connectivity index (χ1n) is 9.26. The SMILES string of the molecule is COc1ccc(CNC(=O)CN2CCN(CC(=O)NC3CC3)CC2)cc1. The quantitative estimate of drug-likeness (QED) is 0.693. The van der Waals surface area contributed by atoms with Crippen molar-refractivity contribution in [2.75, 3.05) is 46.4 Å². The Kier molecular flexibility index (Phi) is 6.46. The second-order valence-corrected chi connectivity index (χ2v) is 7.02. The van der Waals surface area contributed by atoms with E-state index in [0.29, 0.717) is 25.7 Å². The van der Waals surface area contributed by atoms with Gasteiger partial charge in [0.15, 0.2) is 0 Å². The lowest BCUT2D eigenvalue weighted by molar-refractivity contribution is -0.125. The van der Waals surface area contributed by atoms with Crippen LogP contribution in [-0.4, -0.2) is 74.0 Å². The first kappa shape index (κ1) is 18.7. The Bertz CT molecular complexity index is 608. The zero-order valence-corrected chi connectivity index (χ0v) is 15.4. The van der Waals surface area contributed by atoms with E-state index in [-0.39, 0.29) is 11.8 Å². The normalized spacial score (nSPS) is 18.3. The summed E-state index contributed by atoms with van der Waals surface area (Å²) >= 11 is 0. The van der Waals surface area contributed by atoms with Crippen molar-refractivity contribution in [2.24, 2.45) is 0 Å². The largest absolute Gasteiger partial charge is 0.497 e. The number of nitrogens with zero attached hydrogens (tertiary/aromatic N) is 2. The number of carbonyl (C=O) groups excluding carboxylic acids is 2. The molecule has 26 heavy (non-hydrogen) atoms. The Balaban J connectivity index is 1.31. The summed E-state index contributed by atoms with van der Waals surface area (Å²) in [5.74, 6) is 0.961. The molecule has 0 unspecified atom stereocenters. The maximum atomic E-state index is 12.1. The second-order valence-electron chi connectivity index (χ2n) is 7.02. The first-order chi connectivity index (χ1) is 12.6. The number of carbonyl (C=O) groups is 2. The highest BCUT2D eigenvalue weighted by Gasteiger charge is 2.25. The maximum Gasteiger partial charge on any atom is 0.234 e. The Morgan fingerprint density at radius 2 is 1.58 bits per heavy atom. The van der Waals surface area contributed by atoms with Gasteiger partial charge in [-0.25, -0.2) is 0 Å². The summed E-state index contributed by atoms with van der Waals surface area (Å²) in [6.45, 7) is 4.66. The lowest BCUT2D eigenvalue weighted by Crippen LogP contribution is -2.51. The zero-order chi connectivity index (χ0) is 18.4. The predicted molar refractivity (Wildman–Crippen MR) is 98.9 cm³/mol. The van der Waals surface area contributed by atoms with Gasteiger partial charge in [0.05, 0.1) is 20.2 Å². The minimum Gasteiger partial charge on any atom is -0.497 e. The fraction of sp³-hybridized carbons (Fsp3) is 0.579. The van der Waals surface area contributed by atoms with Gasteiger partial charge in [-0.05, 0) is 30.5 Å². The molecule has 3 rings (SSSR count). The van der Waals surface area contributed by atoms with E-state index >= 15 is 0 Å². The van der Waals surface area contributed by atoms with Crippen molar-refractivity contribution < 1.29 is 14.3 Å². The molecule has 1 aliphatic carbocycles. The van der Waals surface area contributed by atoms with Crippen molar-refractivity contribution in [3.05, 3.63) is 29.8 Å². The van der Waals surface area contributed by atoms with Gasteiger partial charge in [0.1, 0.15) is 5.75 Å². The van der Waals surface area contributed by atoms with Crippen LogP contribution in [0.15, 0.2) is 24.3 Å². The second kappa shape index (κ2) is 9.00. The summed E-state index contributed by atoms with van der Waals surface area (Å²) in [4.78, 5) is 28.3. The smallest absolute Gasteiger partial charge is 0.234 e. The molecule has 1 heterocycles. The molecular formula is C19H28N4O3. The van der Waals surface area contributed by atoms with Crippen molar-refractivity contribution in [2.45, 2.75) is 25.4 Å². The molecule has 2 aliphatic rings. The van der Waals surface area contributed by atoms with Crippen molar-refractivity contribution in [3.8, 4) is 5.75 Å². The number of ether oxygens (including phenoxy) is 1. The number of amides is 2. The van der Waals surface area contributed by atoms with E-state index in [1.54, 1.807) is 7.11 Å². The molecule has 2 amide bonds. The molecule has 1 aromatic rings. The van der Waals surface area contributed by atoms with Crippen molar-refractivity contribution in [1.82, 2.24) is 20.4 Å². The monoisotopic (exact) mass is 360 g/mol. The Labute approximate surface area is 154 Å². The van der Waals surface area contributed by atoms with Gasteiger partial charge in [0.2, 0.25) is 11.8 Å². The van der Waals surface area contributed by atoms with Gasteiger partial charge in [-0.1, -0.05) is 12.1 Å². The lowest BCUT2D eigenvalue weighted by Gasteiger charge is -2.33. The van der Waals surface area contributed by atoms with Crippen LogP contribution in [0.3, 0.4) is 0 Å². The van der Waals surface area contributed by atoms with Crippen molar-refractivity contribution in [3.63, 3.8) is 0 Å². The molecule has 1 aliphatic heterocycles. The minimum absolute atomic E-state index is 0.0285. The fourth-order valence-electron chi connectivity index (χ4n) is 3.01. The van der Waals surface area contributed by atoms with Crippen LogP contribution in [0.5, 0.6) is 5.75 Å². The molecule has 7 nitrogen and oxygen atoms in total. The van der Waals surface area contributed by atoms with Crippen molar-refractivity contribution in [1.29, 1.82) is 0 Å². The minimum atomic E-state index is 0.0285. The van der Waals surface area contributed by atoms with Crippen LogP contribution in [0.25, 0.3) is 0 Å². The van der Waals surface area contributed by atoms with Gasteiger partial charge in [-0.2, -0.15) is 0 Å². The van der Waals surface area contributed by atoms with Gasteiger partial charge >= 0.3 is 0 Å². The molecular weight excluding hydrogens is 332 g/mol. The highest BCUT2D eigenvalue weighted by atomic mass is 16.5. The molecule has 1 aromatic carbocycles. The molecule has 0 atom stereocenters. The van der Waals surface area contributed by atoms with E-state index in [9.17, 15) is 9.59 Å². The van der Waals surface area contributed by atoms with Gasteiger partial charge in [0, 0.05) is 38.8 Å². The number of hydrogen-bond donors (Lipinski definition) is 2. The van der Waals surface area contributed by atoms with Gasteiger partial charge in [-0.15, -0.1) is 0 Å². The molecule has 1 saturated carbocycles. The summed E-state index contributed by atoms with van der Waals surface area (Å²) < 4.78 is 5.13. The van der Waals surface area contributed by atoms with Crippen LogP contribution in [0.2, 0.25) is 0 Å². The summed E-state index contributed by atoms with van der Waals surface area (Å²) in [5.41, 5.74) is 1.05. The number of benzene rings is 1. The number of nitrogens with one attached hydrogen (secondary N) is 2. The van der Waals surface area contributed by atoms with Crippen LogP contribution in [0.1, 0.15) is 18.4 Å². The third-order valence-corrected chi connectivity index (χ3v) is 4.79. The Morgan fingerprint density at radius 3 is 2.12 bits per heavy atom. The average Bonchev–Trinajstić information content (AvgIpc) is 3.46. The van der Waals surface area contributed by atoms with Crippen LogP contribution >= 0.6 is 0 Å². The average molecular weight is 360 g/mol. The third kappa shape index (κ3) is 6.00. The van der Waals surface area contributed by atoms with E-state index in [1.165, 1.54) is 0 Å². The molecule has 2 N–H and O–H groups in total. The fourth-order valence-corrected chi connectivity index (χ4v) is 3.01. The van der Waals surface area contributed by atoms with Crippen LogP contribution in [-0.2, 0) is 16.1 Å². The molecule has 0 spiro atoms. The molecule has 7 heteroatoms. The summed E-state index contributed by atoms with van der Waals surface area (Å²) in [6.07, 6.45) is 2.23.